The highest BCUT2D eigenvalue weighted by molar-refractivity contribution is 7.17. The van der Waals surface area contributed by atoms with Gasteiger partial charge in [0.2, 0.25) is 5.91 Å². The van der Waals surface area contributed by atoms with E-state index in [1.165, 1.54) is 11.3 Å². The molecular weight excluding hydrogens is 717 g/mol. The number of nitrogens with one attached hydrogen (secondary N) is 2. The largest absolute Gasteiger partial charge is 0.478 e. The van der Waals surface area contributed by atoms with Crippen molar-refractivity contribution in [1.82, 2.24) is 9.80 Å². The van der Waals surface area contributed by atoms with E-state index in [2.05, 4.69) is 29.4 Å². The summed E-state index contributed by atoms with van der Waals surface area (Å²) in [7, 11) is 3.36. The molecule has 0 spiro atoms. The molecule has 12 heteroatoms. The summed E-state index contributed by atoms with van der Waals surface area (Å²) in [6, 6.07) is 22.4. The first-order valence-corrected chi connectivity index (χ1v) is 19.7. The Hall–Kier alpha value is -4.88. The third kappa shape index (κ3) is 11.8. The second kappa shape index (κ2) is 20.2. The van der Waals surface area contributed by atoms with Crippen LogP contribution >= 0.6 is 11.3 Å². The van der Waals surface area contributed by atoms with Crippen molar-refractivity contribution in [2.45, 2.75) is 65.0 Å². The molecule has 1 heterocycles. The van der Waals surface area contributed by atoms with Gasteiger partial charge in [0.05, 0.1) is 24.3 Å². The molecule has 3 amide bonds. The van der Waals surface area contributed by atoms with Gasteiger partial charge in [0.15, 0.2) is 0 Å². The van der Waals surface area contributed by atoms with Crippen LogP contribution in [0.5, 0.6) is 0 Å². The van der Waals surface area contributed by atoms with Gasteiger partial charge in [0.1, 0.15) is 11.6 Å². The molecule has 0 bridgehead atoms. The number of nitrogens with zero attached hydrogens (tertiary/aromatic N) is 2. The lowest BCUT2D eigenvalue weighted by atomic mass is 9.95. The third-order valence-corrected chi connectivity index (χ3v) is 11.1. The van der Waals surface area contributed by atoms with Crippen LogP contribution in [0.1, 0.15) is 84.9 Å². The first-order chi connectivity index (χ1) is 26.5. The lowest BCUT2D eigenvalue weighted by Gasteiger charge is -2.29. The number of amides is 3. The zero-order valence-corrected chi connectivity index (χ0v) is 33.0. The number of fused-ring (bicyclic) bond motifs is 1. The maximum absolute atomic E-state index is 13.9. The fraction of sp³-hybridized carbons (Fsp3) is 0.395. The van der Waals surface area contributed by atoms with E-state index >= 15 is 0 Å². The number of ether oxygens (including phenoxy) is 2. The van der Waals surface area contributed by atoms with Crippen molar-refractivity contribution >= 4 is 45.7 Å². The minimum atomic E-state index is -0.940. The topological polar surface area (TPSA) is 138 Å². The summed E-state index contributed by atoms with van der Waals surface area (Å²) in [5.41, 5.74) is 6.12. The van der Waals surface area contributed by atoms with Gasteiger partial charge in [-0.3, -0.25) is 19.3 Å². The fourth-order valence-electron chi connectivity index (χ4n) is 6.50. The van der Waals surface area contributed by atoms with Crippen LogP contribution in [0.2, 0.25) is 0 Å². The number of carbonyl (C=O) groups is 4. The molecule has 3 N–H and O–H groups in total. The Labute approximate surface area is 327 Å². The van der Waals surface area contributed by atoms with E-state index in [0.717, 1.165) is 65.7 Å². The van der Waals surface area contributed by atoms with Gasteiger partial charge in [-0.25, -0.2) is 4.79 Å². The van der Waals surface area contributed by atoms with E-state index in [4.69, 9.17) is 14.6 Å². The highest BCUT2D eigenvalue weighted by Crippen LogP contribution is 2.39. The number of carbonyl (C=O) groups excluding carboxylic acids is 3. The van der Waals surface area contributed by atoms with Crippen LogP contribution in [-0.4, -0.2) is 91.7 Å². The van der Waals surface area contributed by atoms with Crippen molar-refractivity contribution in [3.8, 4) is 0 Å². The summed E-state index contributed by atoms with van der Waals surface area (Å²) in [5, 5.41) is 15.9. The second-order valence-electron chi connectivity index (χ2n) is 14.1. The molecule has 1 aliphatic carbocycles. The minimum Gasteiger partial charge on any atom is -0.478 e. The van der Waals surface area contributed by atoms with Gasteiger partial charge in [-0.15, -0.1) is 11.3 Å². The highest BCUT2D eigenvalue weighted by Gasteiger charge is 2.27. The first-order valence-electron chi connectivity index (χ1n) is 18.8. The van der Waals surface area contributed by atoms with Gasteiger partial charge in [0, 0.05) is 56.0 Å². The number of hydrogen-bond acceptors (Lipinski definition) is 8. The summed E-state index contributed by atoms with van der Waals surface area (Å²) >= 11 is 1.49. The number of methoxy groups -OCH3 is 1. The van der Waals surface area contributed by atoms with Crippen LogP contribution in [-0.2, 0) is 46.5 Å². The summed E-state index contributed by atoms with van der Waals surface area (Å²) in [6.07, 6.45) is 5.25. The van der Waals surface area contributed by atoms with Gasteiger partial charge in [0.25, 0.3) is 11.8 Å². The number of carboxylic acids is 1. The first kappa shape index (κ1) is 41.3. The highest BCUT2D eigenvalue weighted by atomic mass is 32.1. The standard InChI is InChI=1S/C43H52N4O7S/c1-29(2)47(23-22-46(3)38(48)28-54-25-24-53-4)27-32-8-7-9-34(26-32)40(49)45-42-39(36-10-5-6-11-37(36)55-42)41(50)44-35-20-16-31(17-21-35)13-12-30-14-18-33(19-15-30)43(51)52/h7-9,14-21,26,29H,5-6,10-13,22-25,27-28H2,1-4H3,(H,44,50)(H,45,49)(H,51,52). The van der Waals surface area contributed by atoms with Gasteiger partial charge < -0.3 is 30.1 Å². The molecule has 3 aromatic carbocycles. The predicted octanol–water partition coefficient (Wildman–Crippen LogP) is 6.95. The second-order valence-corrected chi connectivity index (χ2v) is 15.3. The lowest BCUT2D eigenvalue weighted by molar-refractivity contribution is -0.135. The Morgan fingerprint density at radius 3 is 2.18 bits per heavy atom. The minimum absolute atomic E-state index is 0.0133. The fourth-order valence-corrected chi connectivity index (χ4v) is 7.78. The molecule has 5 rings (SSSR count). The molecule has 0 saturated carbocycles. The van der Waals surface area contributed by atoms with Crippen molar-refractivity contribution in [2.75, 3.05) is 57.7 Å². The molecule has 1 aliphatic rings. The molecule has 0 atom stereocenters. The van der Waals surface area contributed by atoms with E-state index in [0.29, 0.717) is 54.7 Å². The lowest BCUT2D eigenvalue weighted by Crippen LogP contribution is -2.40. The van der Waals surface area contributed by atoms with Gasteiger partial charge in [-0.05, 0) is 111 Å². The van der Waals surface area contributed by atoms with E-state index in [1.807, 2.05) is 54.6 Å². The predicted molar refractivity (Wildman–Crippen MR) is 216 cm³/mol. The smallest absolute Gasteiger partial charge is 0.335 e. The average molecular weight is 769 g/mol. The SMILES string of the molecule is COCCOCC(=O)N(C)CCN(Cc1cccc(C(=O)Nc2sc3c(c2C(=O)Nc2ccc(CCc4ccc(C(=O)O)cc4)cc2)CCCC3)c1)C(C)C. The molecule has 0 radical (unpaired) electrons. The number of likely N-dealkylation sites (N-methyl/N-ethyl adjacent to an activating group) is 1. The summed E-state index contributed by atoms with van der Waals surface area (Å²) in [4.78, 5) is 56.4. The average Bonchev–Trinajstić information content (AvgIpc) is 3.55. The van der Waals surface area contributed by atoms with Crippen molar-refractivity contribution in [3.63, 3.8) is 0 Å². The van der Waals surface area contributed by atoms with Crippen LogP contribution in [0.15, 0.2) is 72.8 Å². The zero-order valence-electron chi connectivity index (χ0n) is 32.2. The maximum Gasteiger partial charge on any atom is 0.335 e. The normalized spacial score (nSPS) is 12.4. The van der Waals surface area contributed by atoms with Crippen LogP contribution in [0.3, 0.4) is 0 Å². The number of aryl methyl sites for hydroxylation is 3. The monoisotopic (exact) mass is 768 g/mol. The van der Waals surface area contributed by atoms with Crippen molar-refractivity contribution in [1.29, 1.82) is 0 Å². The van der Waals surface area contributed by atoms with E-state index in [1.54, 1.807) is 37.3 Å². The molecule has 292 valence electrons. The molecule has 0 fully saturated rings. The van der Waals surface area contributed by atoms with Gasteiger partial charge in [-0.1, -0.05) is 36.4 Å². The van der Waals surface area contributed by atoms with Crippen molar-refractivity contribution < 1.29 is 33.8 Å². The summed E-state index contributed by atoms with van der Waals surface area (Å²) in [5.74, 6) is -1.54. The number of thiophene rings is 1. The number of aromatic carboxylic acids is 1. The Morgan fingerprint density at radius 1 is 0.818 bits per heavy atom. The van der Waals surface area contributed by atoms with Gasteiger partial charge in [-0.2, -0.15) is 0 Å². The van der Waals surface area contributed by atoms with Crippen LogP contribution in [0.25, 0.3) is 0 Å². The van der Waals surface area contributed by atoms with Crippen LogP contribution in [0.4, 0.5) is 10.7 Å². The van der Waals surface area contributed by atoms with Crippen LogP contribution in [0, 0.1) is 0 Å². The number of hydrogen-bond donors (Lipinski definition) is 3. The maximum atomic E-state index is 13.9. The number of benzene rings is 3. The summed E-state index contributed by atoms with van der Waals surface area (Å²) < 4.78 is 10.4. The molecule has 0 aliphatic heterocycles. The van der Waals surface area contributed by atoms with Crippen LogP contribution < -0.4 is 10.6 Å². The zero-order chi connectivity index (χ0) is 39.3. The number of carboxylic acid groups (broad SMARTS) is 1. The van der Waals surface area contributed by atoms with Crippen molar-refractivity contribution in [2.24, 2.45) is 0 Å². The Bertz CT molecular complexity index is 1920. The van der Waals surface area contributed by atoms with E-state index in [-0.39, 0.29) is 35.9 Å². The Morgan fingerprint density at radius 2 is 1.51 bits per heavy atom. The number of rotatable bonds is 19. The molecule has 0 unspecified atom stereocenters. The van der Waals surface area contributed by atoms with E-state index in [9.17, 15) is 19.2 Å². The third-order valence-electron chi connectivity index (χ3n) is 9.85. The molecule has 55 heavy (non-hydrogen) atoms. The molecule has 11 nitrogen and oxygen atoms in total. The molecular formula is C43H52N4O7S. The number of anilines is 2. The molecule has 4 aromatic rings. The van der Waals surface area contributed by atoms with Gasteiger partial charge >= 0.3 is 5.97 Å². The molecule has 0 saturated heterocycles. The van der Waals surface area contributed by atoms with E-state index < -0.39 is 5.97 Å². The quantitative estimate of drug-likeness (QED) is 0.0873. The van der Waals surface area contributed by atoms with Crippen molar-refractivity contribution in [3.05, 3.63) is 117 Å². The molecule has 1 aromatic heterocycles. The Balaban J connectivity index is 1.21. The Kier molecular flexibility index (Phi) is 15.1. The summed E-state index contributed by atoms with van der Waals surface area (Å²) in [6.45, 7) is 6.84.